The number of halogens is 1. The number of hydrogen-bond donors (Lipinski definition) is 2. The molecular formula is C17H22ClNO2. The number of amides is 1. The minimum atomic E-state index is -0.460. The molecule has 2 N–H and O–H groups in total. The largest absolute Gasteiger partial charge is 0.392 e. The highest BCUT2D eigenvalue weighted by atomic mass is 35.5. The van der Waals surface area contributed by atoms with Gasteiger partial charge in [-0.05, 0) is 49.8 Å². The van der Waals surface area contributed by atoms with E-state index in [4.69, 9.17) is 11.6 Å². The molecule has 1 amide bonds. The molecule has 0 aliphatic heterocycles. The summed E-state index contributed by atoms with van der Waals surface area (Å²) in [5.41, 5.74) is 1.31. The van der Waals surface area contributed by atoms with E-state index in [1.165, 1.54) is 12.0 Å². The SMILES string of the molecule is O=C(NCC1(c2ccc(Cl)cc2)CCC1)C1CCCC1O. The second-order valence-corrected chi connectivity index (χ2v) is 6.90. The molecular weight excluding hydrogens is 286 g/mol. The monoisotopic (exact) mass is 307 g/mol. The van der Waals surface area contributed by atoms with E-state index in [1.807, 2.05) is 12.1 Å². The average Bonchev–Trinajstić information content (AvgIpc) is 2.85. The first-order valence-electron chi connectivity index (χ1n) is 7.83. The molecule has 3 nitrogen and oxygen atoms in total. The number of aliphatic hydroxyl groups is 1. The Hall–Kier alpha value is -1.06. The molecule has 2 saturated carbocycles. The Morgan fingerprint density at radius 2 is 1.95 bits per heavy atom. The van der Waals surface area contributed by atoms with E-state index in [1.54, 1.807) is 0 Å². The zero-order chi connectivity index (χ0) is 14.9. The fraction of sp³-hybridized carbons (Fsp3) is 0.588. The van der Waals surface area contributed by atoms with Gasteiger partial charge in [-0.2, -0.15) is 0 Å². The van der Waals surface area contributed by atoms with E-state index >= 15 is 0 Å². The molecule has 1 aromatic carbocycles. The molecule has 0 spiro atoms. The lowest BCUT2D eigenvalue weighted by molar-refractivity contribution is -0.128. The van der Waals surface area contributed by atoms with Crippen molar-refractivity contribution < 1.29 is 9.90 Å². The van der Waals surface area contributed by atoms with Gasteiger partial charge in [-0.1, -0.05) is 30.2 Å². The average molecular weight is 308 g/mol. The molecule has 114 valence electrons. The number of nitrogens with one attached hydrogen (secondary N) is 1. The Bertz CT molecular complexity index is 510. The summed E-state index contributed by atoms with van der Waals surface area (Å²) in [4.78, 5) is 12.2. The molecule has 0 saturated heterocycles. The van der Waals surface area contributed by atoms with Gasteiger partial charge in [0.2, 0.25) is 5.91 Å². The van der Waals surface area contributed by atoms with E-state index in [9.17, 15) is 9.90 Å². The third-order valence-electron chi connectivity index (χ3n) is 5.18. The van der Waals surface area contributed by atoms with E-state index < -0.39 is 6.10 Å². The molecule has 2 aliphatic rings. The van der Waals surface area contributed by atoms with Crippen LogP contribution in [0.5, 0.6) is 0 Å². The number of rotatable bonds is 4. The summed E-state index contributed by atoms with van der Waals surface area (Å²) >= 11 is 5.96. The zero-order valence-electron chi connectivity index (χ0n) is 12.1. The third-order valence-corrected chi connectivity index (χ3v) is 5.44. The van der Waals surface area contributed by atoms with Crippen LogP contribution in [0.25, 0.3) is 0 Å². The van der Waals surface area contributed by atoms with Crippen LogP contribution in [0.15, 0.2) is 24.3 Å². The van der Waals surface area contributed by atoms with E-state index in [0.717, 1.165) is 37.1 Å². The minimum Gasteiger partial charge on any atom is -0.392 e. The zero-order valence-corrected chi connectivity index (χ0v) is 12.9. The van der Waals surface area contributed by atoms with Gasteiger partial charge >= 0.3 is 0 Å². The van der Waals surface area contributed by atoms with Crippen LogP contribution >= 0.6 is 11.6 Å². The highest BCUT2D eigenvalue weighted by Crippen LogP contribution is 2.43. The molecule has 2 atom stereocenters. The van der Waals surface area contributed by atoms with Crippen molar-refractivity contribution in [3.63, 3.8) is 0 Å². The summed E-state index contributed by atoms with van der Waals surface area (Å²) in [7, 11) is 0. The van der Waals surface area contributed by atoms with E-state index in [0.29, 0.717) is 6.54 Å². The van der Waals surface area contributed by atoms with E-state index in [-0.39, 0.29) is 17.2 Å². The van der Waals surface area contributed by atoms with Crippen LogP contribution in [-0.4, -0.2) is 23.7 Å². The van der Waals surface area contributed by atoms with Crippen LogP contribution in [0.4, 0.5) is 0 Å². The predicted molar refractivity (Wildman–Crippen MR) is 83.3 cm³/mol. The molecule has 2 unspecified atom stereocenters. The Morgan fingerprint density at radius 3 is 2.48 bits per heavy atom. The second kappa shape index (κ2) is 5.98. The fourth-order valence-corrected chi connectivity index (χ4v) is 3.73. The number of hydrogen-bond acceptors (Lipinski definition) is 2. The van der Waals surface area contributed by atoms with Crippen molar-refractivity contribution in [2.75, 3.05) is 6.54 Å². The number of carbonyl (C=O) groups is 1. The molecule has 2 aliphatic carbocycles. The maximum Gasteiger partial charge on any atom is 0.225 e. The Balaban J connectivity index is 1.64. The van der Waals surface area contributed by atoms with Crippen molar-refractivity contribution in [3.8, 4) is 0 Å². The second-order valence-electron chi connectivity index (χ2n) is 6.46. The van der Waals surface area contributed by atoms with Crippen molar-refractivity contribution in [1.29, 1.82) is 0 Å². The summed E-state index contributed by atoms with van der Waals surface area (Å²) in [6.45, 7) is 0.663. The molecule has 4 heteroatoms. The highest BCUT2D eigenvalue weighted by molar-refractivity contribution is 6.30. The normalized spacial score (nSPS) is 27.1. The van der Waals surface area contributed by atoms with Crippen LogP contribution in [-0.2, 0) is 10.2 Å². The number of aliphatic hydroxyl groups excluding tert-OH is 1. The topological polar surface area (TPSA) is 49.3 Å². The molecule has 0 aromatic heterocycles. The van der Waals surface area contributed by atoms with Gasteiger partial charge in [0.25, 0.3) is 0 Å². The minimum absolute atomic E-state index is 0.0141. The Labute approximate surface area is 130 Å². The summed E-state index contributed by atoms with van der Waals surface area (Å²) in [6.07, 6.45) is 5.44. The van der Waals surface area contributed by atoms with Gasteiger partial charge in [0.05, 0.1) is 12.0 Å². The molecule has 2 fully saturated rings. The maximum atomic E-state index is 12.2. The van der Waals surface area contributed by atoms with Gasteiger partial charge in [-0.25, -0.2) is 0 Å². The van der Waals surface area contributed by atoms with Gasteiger partial charge < -0.3 is 10.4 Å². The lowest BCUT2D eigenvalue weighted by Gasteiger charge is -2.43. The summed E-state index contributed by atoms with van der Waals surface area (Å²) < 4.78 is 0. The predicted octanol–water partition coefficient (Wildman–Crippen LogP) is 3.04. The molecule has 1 aromatic rings. The Kier molecular flexibility index (Phi) is 4.23. The lowest BCUT2D eigenvalue weighted by Crippen LogP contribution is -2.47. The van der Waals surface area contributed by atoms with Gasteiger partial charge in [0, 0.05) is 17.0 Å². The van der Waals surface area contributed by atoms with Crippen molar-refractivity contribution in [1.82, 2.24) is 5.32 Å². The van der Waals surface area contributed by atoms with Crippen molar-refractivity contribution >= 4 is 17.5 Å². The maximum absolute atomic E-state index is 12.2. The first-order valence-corrected chi connectivity index (χ1v) is 8.20. The first kappa shape index (κ1) is 14.9. The summed E-state index contributed by atoms with van der Waals surface area (Å²) in [5.74, 6) is -0.201. The van der Waals surface area contributed by atoms with Crippen LogP contribution in [0.1, 0.15) is 44.1 Å². The van der Waals surface area contributed by atoms with Gasteiger partial charge in [-0.15, -0.1) is 0 Å². The van der Waals surface area contributed by atoms with Crippen LogP contribution in [0, 0.1) is 5.92 Å². The standard InChI is InChI=1S/C17H22ClNO2/c18-13-7-5-12(6-8-13)17(9-2-10-17)11-19-16(21)14-3-1-4-15(14)20/h5-8,14-15,20H,1-4,9-11H2,(H,19,21). The molecule has 0 bridgehead atoms. The molecule has 21 heavy (non-hydrogen) atoms. The van der Waals surface area contributed by atoms with Crippen molar-refractivity contribution in [2.45, 2.75) is 50.0 Å². The molecule has 0 radical (unpaired) electrons. The van der Waals surface area contributed by atoms with Gasteiger partial charge in [0.15, 0.2) is 0 Å². The van der Waals surface area contributed by atoms with Gasteiger partial charge in [-0.3, -0.25) is 4.79 Å². The van der Waals surface area contributed by atoms with Crippen molar-refractivity contribution in [3.05, 3.63) is 34.9 Å². The Morgan fingerprint density at radius 1 is 1.24 bits per heavy atom. The number of benzene rings is 1. The highest BCUT2D eigenvalue weighted by Gasteiger charge is 2.40. The van der Waals surface area contributed by atoms with Crippen LogP contribution in [0.2, 0.25) is 5.02 Å². The summed E-state index contributed by atoms with van der Waals surface area (Å²) in [5, 5.41) is 13.7. The smallest absolute Gasteiger partial charge is 0.225 e. The molecule has 3 rings (SSSR count). The fourth-order valence-electron chi connectivity index (χ4n) is 3.61. The third kappa shape index (κ3) is 2.95. The van der Waals surface area contributed by atoms with Crippen LogP contribution < -0.4 is 5.32 Å². The van der Waals surface area contributed by atoms with Crippen LogP contribution in [0.3, 0.4) is 0 Å². The summed E-state index contributed by atoms with van der Waals surface area (Å²) in [6, 6.07) is 7.97. The lowest BCUT2D eigenvalue weighted by atomic mass is 9.64. The quantitative estimate of drug-likeness (QED) is 0.898. The first-order chi connectivity index (χ1) is 10.1. The number of carbonyl (C=O) groups excluding carboxylic acids is 1. The molecule has 0 heterocycles. The van der Waals surface area contributed by atoms with Crippen molar-refractivity contribution in [2.24, 2.45) is 5.92 Å². The van der Waals surface area contributed by atoms with E-state index in [2.05, 4.69) is 17.4 Å². The van der Waals surface area contributed by atoms with Gasteiger partial charge in [0.1, 0.15) is 0 Å².